The summed E-state index contributed by atoms with van der Waals surface area (Å²) in [6, 6.07) is 14.0. The van der Waals surface area contributed by atoms with Crippen molar-refractivity contribution in [2.24, 2.45) is 5.92 Å². The number of piperazine rings is 1. The molecule has 2 saturated heterocycles. The first-order valence-electron chi connectivity index (χ1n) is 10.4. The molecule has 4 nitrogen and oxygen atoms in total. The summed E-state index contributed by atoms with van der Waals surface area (Å²) in [5.74, 6) is 0.645. The molecule has 0 radical (unpaired) electrons. The highest BCUT2D eigenvalue weighted by Gasteiger charge is 2.31. The van der Waals surface area contributed by atoms with E-state index >= 15 is 0 Å². The molecule has 0 saturated carbocycles. The fourth-order valence-corrected chi connectivity index (χ4v) is 5.20. The highest BCUT2D eigenvalue weighted by Crippen LogP contribution is 2.37. The monoisotopic (exact) mass is 462 g/mol. The first-order valence-corrected chi connectivity index (χ1v) is 11.5. The van der Waals surface area contributed by atoms with Gasteiger partial charge in [-0.1, -0.05) is 46.9 Å². The molecule has 2 aliphatic heterocycles. The van der Waals surface area contributed by atoms with E-state index in [-0.39, 0.29) is 6.04 Å². The van der Waals surface area contributed by atoms with Crippen molar-refractivity contribution in [1.82, 2.24) is 9.80 Å². The SMILES string of the molecule is N#CN1CCC(CN2CCN(c3ccc(Cl)cc3Cl)[C@H](c3ccc(Cl)cc3)C2)CC1. The number of nitriles is 1. The first kappa shape index (κ1) is 21.6. The molecule has 2 heterocycles. The molecule has 0 amide bonds. The Kier molecular flexibility index (Phi) is 6.95. The Bertz CT molecular complexity index is 904. The van der Waals surface area contributed by atoms with Crippen LogP contribution in [-0.2, 0) is 0 Å². The van der Waals surface area contributed by atoms with Gasteiger partial charge in [0.15, 0.2) is 6.19 Å². The second-order valence-electron chi connectivity index (χ2n) is 8.15. The van der Waals surface area contributed by atoms with E-state index in [0.717, 1.165) is 62.8 Å². The van der Waals surface area contributed by atoms with Gasteiger partial charge in [-0.15, -0.1) is 0 Å². The van der Waals surface area contributed by atoms with Crippen molar-refractivity contribution < 1.29 is 0 Å². The minimum Gasteiger partial charge on any atom is -0.361 e. The minimum absolute atomic E-state index is 0.189. The molecule has 2 aromatic rings. The van der Waals surface area contributed by atoms with Crippen molar-refractivity contribution in [2.45, 2.75) is 18.9 Å². The second kappa shape index (κ2) is 9.66. The molecule has 158 valence electrons. The Morgan fingerprint density at radius 3 is 2.27 bits per heavy atom. The Morgan fingerprint density at radius 1 is 0.900 bits per heavy atom. The number of piperidine rings is 1. The van der Waals surface area contributed by atoms with E-state index in [0.29, 0.717) is 16.0 Å². The van der Waals surface area contributed by atoms with Gasteiger partial charge in [-0.05, 0) is 54.7 Å². The third-order valence-electron chi connectivity index (χ3n) is 6.21. The summed E-state index contributed by atoms with van der Waals surface area (Å²) >= 11 is 18.8. The maximum absolute atomic E-state index is 9.09. The molecule has 0 aromatic heterocycles. The maximum atomic E-state index is 9.09. The summed E-state index contributed by atoms with van der Waals surface area (Å²) in [6.45, 7) is 5.64. The molecule has 7 heteroatoms. The summed E-state index contributed by atoms with van der Waals surface area (Å²) in [7, 11) is 0. The topological polar surface area (TPSA) is 33.5 Å². The Morgan fingerprint density at radius 2 is 1.60 bits per heavy atom. The first-order chi connectivity index (χ1) is 14.5. The normalized spacial score (nSPS) is 20.9. The van der Waals surface area contributed by atoms with Crippen LogP contribution in [0.25, 0.3) is 0 Å². The number of hydrogen-bond acceptors (Lipinski definition) is 4. The molecule has 1 atom stereocenters. The smallest absolute Gasteiger partial charge is 0.179 e. The number of rotatable bonds is 4. The van der Waals surface area contributed by atoms with Gasteiger partial charge < -0.3 is 9.80 Å². The molecule has 30 heavy (non-hydrogen) atoms. The lowest BCUT2D eigenvalue weighted by Gasteiger charge is -2.45. The molecule has 2 aromatic carbocycles. The molecule has 2 aliphatic rings. The largest absolute Gasteiger partial charge is 0.361 e. The molecular weight excluding hydrogens is 439 g/mol. The zero-order valence-electron chi connectivity index (χ0n) is 16.8. The van der Waals surface area contributed by atoms with E-state index in [9.17, 15) is 0 Å². The third kappa shape index (κ3) is 4.98. The van der Waals surface area contributed by atoms with Gasteiger partial charge >= 0.3 is 0 Å². The standard InChI is InChI=1S/C23H25Cl3N4/c24-19-3-1-18(2-4-19)23-15-29(14-17-7-9-28(16-27)10-8-17)11-12-30(23)22-6-5-20(25)13-21(22)26/h1-6,13,17,23H,7-12,14-15H2/t23-/m0/s1. The number of hydrogen-bond donors (Lipinski definition) is 0. The van der Waals surface area contributed by atoms with Crippen LogP contribution in [0.2, 0.25) is 15.1 Å². The number of benzene rings is 2. The second-order valence-corrected chi connectivity index (χ2v) is 9.43. The number of likely N-dealkylation sites (tertiary alicyclic amines) is 1. The molecule has 0 bridgehead atoms. The van der Waals surface area contributed by atoms with Crippen molar-refractivity contribution in [3.8, 4) is 6.19 Å². The molecule has 0 spiro atoms. The van der Waals surface area contributed by atoms with Gasteiger partial charge in [-0.2, -0.15) is 5.26 Å². The van der Waals surface area contributed by atoms with Crippen LogP contribution in [0.1, 0.15) is 24.4 Å². The number of anilines is 1. The summed E-state index contributed by atoms with van der Waals surface area (Å²) < 4.78 is 0. The van der Waals surface area contributed by atoms with E-state index < -0.39 is 0 Å². The molecule has 0 N–H and O–H groups in total. The summed E-state index contributed by atoms with van der Waals surface area (Å²) in [5.41, 5.74) is 2.25. The van der Waals surface area contributed by atoms with Crippen LogP contribution < -0.4 is 4.90 Å². The predicted molar refractivity (Wildman–Crippen MR) is 124 cm³/mol. The van der Waals surface area contributed by atoms with Crippen molar-refractivity contribution in [1.29, 1.82) is 5.26 Å². The van der Waals surface area contributed by atoms with Crippen LogP contribution in [-0.4, -0.2) is 49.1 Å². The van der Waals surface area contributed by atoms with Crippen LogP contribution in [0.4, 0.5) is 5.69 Å². The highest BCUT2D eigenvalue weighted by atomic mass is 35.5. The predicted octanol–water partition coefficient (Wildman–Crippen LogP) is 5.70. The molecule has 0 aliphatic carbocycles. The zero-order valence-corrected chi connectivity index (χ0v) is 19.0. The quantitative estimate of drug-likeness (QED) is 0.544. The summed E-state index contributed by atoms with van der Waals surface area (Å²) in [4.78, 5) is 6.82. The fourth-order valence-electron chi connectivity index (χ4n) is 4.56. The van der Waals surface area contributed by atoms with Gasteiger partial charge in [0, 0.05) is 49.3 Å². The van der Waals surface area contributed by atoms with Crippen molar-refractivity contribution in [3.63, 3.8) is 0 Å². The van der Waals surface area contributed by atoms with E-state index in [4.69, 9.17) is 40.1 Å². The Hall–Kier alpha value is -1.64. The van der Waals surface area contributed by atoms with Crippen molar-refractivity contribution in [3.05, 3.63) is 63.1 Å². The van der Waals surface area contributed by atoms with Crippen molar-refractivity contribution >= 4 is 40.5 Å². The van der Waals surface area contributed by atoms with Crippen LogP contribution in [0.15, 0.2) is 42.5 Å². The lowest BCUT2D eigenvalue weighted by Crippen LogP contribution is -2.50. The van der Waals surface area contributed by atoms with E-state index in [2.05, 4.69) is 28.1 Å². The number of halogens is 3. The average Bonchev–Trinajstić information content (AvgIpc) is 2.75. The Balaban J connectivity index is 1.53. The van der Waals surface area contributed by atoms with E-state index in [1.54, 1.807) is 0 Å². The highest BCUT2D eigenvalue weighted by molar-refractivity contribution is 6.36. The van der Waals surface area contributed by atoms with Crippen LogP contribution in [0.5, 0.6) is 0 Å². The zero-order chi connectivity index (χ0) is 21.1. The van der Waals surface area contributed by atoms with Gasteiger partial charge in [-0.25, -0.2) is 0 Å². The lowest BCUT2D eigenvalue weighted by atomic mass is 9.95. The summed E-state index contributed by atoms with van der Waals surface area (Å²) in [6.07, 6.45) is 4.45. The van der Waals surface area contributed by atoms with Gasteiger partial charge in [0.05, 0.1) is 16.8 Å². The van der Waals surface area contributed by atoms with E-state index in [1.165, 1.54) is 5.56 Å². The van der Waals surface area contributed by atoms with Gasteiger partial charge in [0.1, 0.15) is 0 Å². The average molecular weight is 464 g/mol. The molecule has 0 unspecified atom stereocenters. The number of nitrogens with zero attached hydrogens (tertiary/aromatic N) is 4. The fraction of sp³-hybridized carbons (Fsp3) is 0.435. The van der Waals surface area contributed by atoms with Gasteiger partial charge in [-0.3, -0.25) is 4.90 Å². The van der Waals surface area contributed by atoms with Crippen LogP contribution in [0.3, 0.4) is 0 Å². The van der Waals surface area contributed by atoms with Gasteiger partial charge in [0.2, 0.25) is 0 Å². The van der Waals surface area contributed by atoms with Crippen LogP contribution >= 0.6 is 34.8 Å². The lowest BCUT2D eigenvalue weighted by molar-refractivity contribution is 0.153. The minimum atomic E-state index is 0.189. The van der Waals surface area contributed by atoms with E-state index in [1.807, 2.05) is 35.2 Å². The van der Waals surface area contributed by atoms with Crippen LogP contribution in [0, 0.1) is 17.4 Å². The summed E-state index contributed by atoms with van der Waals surface area (Å²) in [5, 5.41) is 11.2. The third-order valence-corrected chi connectivity index (χ3v) is 7.00. The molecular formula is C23H25Cl3N4. The van der Waals surface area contributed by atoms with Gasteiger partial charge in [0.25, 0.3) is 0 Å². The molecule has 4 rings (SSSR count). The van der Waals surface area contributed by atoms with Crippen molar-refractivity contribution in [2.75, 3.05) is 44.2 Å². The molecule has 2 fully saturated rings. The maximum Gasteiger partial charge on any atom is 0.179 e. The Labute approximate surface area is 193 Å².